The zero-order chi connectivity index (χ0) is 10.7. The molecule has 0 aromatic carbocycles. The van der Waals surface area contributed by atoms with Crippen LogP contribution in [0.15, 0.2) is 24.4 Å². The van der Waals surface area contributed by atoms with Crippen LogP contribution in [0.1, 0.15) is 15.4 Å². The molecule has 0 spiro atoms. The Labute approximate surface area is 93.7 Å². The van der Waals surface area contributed by atoms with Crippen molar-refractivity contribution in [3.63, 3.8) is 0 Å². The molecule has 0 unspecified atom stereocenters. The Morgan fingerprint density at radius 3 is 2.80 bits per heavy atom. The molecule has 0 radical (unpaired) electrons. The summed E-state index contributed by atoms with van der Waals surface area (Å²) in [5, 5.41) is 7.68. The molecule has 0 saturated carbocycles. The van der Waals surface area contributed by atoms with Crippen molar-refractivity contribution >= 4 is 11.3 Å². The Bertz CT molecular complexity index is 390. The predicted octanol–water partition coefficient (Wildman–Crippen LogP) is 2.08. The van der Waals surface area contributed by atoms with Crippen LogP contribution in [0.4, 0.5) is 0 Å². The van der Waals surface area contributed by atoms with Crippen molar-refractivity contribution in [1.29, 1.82) is 0 Å². The van der Waals surface area contributed by atoms with E-state index in [1.165, 1.54) is 9.75 Å². The van der Waals surface area contributed by atoms with Crippen LogP contribution in [0, 0.1) is 6.92 Å². The van der Waals surface area contributed by atoms with Gasteiger partial charge >= 0.3 is 0 Å². The van der Waals surface area contributed by atoms with E-state index in [1.54, 1.807) is 0 Å². The summed E-state index contributed by atoms with van der Waals surface area (Å²) < 4.78 is 1.83. The molecule has 0 saturated heterocycles. The van der Waals surface area contributed by atoms with E-state index in [-0.39, 0.29) is 0 Å². The van der Waals surface area contributed by atoms with Crippen molar-refractivity contribution in [2.75, 3.05) is 0 Å². The minimum atomic E-state index is 0.831. The summed E-state index contributed by atoms with van der Waals surface area (Å²) in [4.78, 5) is 2.74. The first kappa shape index (κ1) is 10.4. The largest absolute Gasteiger partial charge is 0.306 e. The lowest BCUT2D eigenvalue weighted by atomic mass is 10.4. The fraction of sp³-hybridized carbons (Fsp3) is 0.364. The average molecular weight is 221 g/mol. The highest BCUT2D eigenvalue weighted by molar-refractivity contribution is 7.11. The third kappa shape index (κ3) is 2.91. The summed E-state index contributed by atoms with van der Waals surface area (Å²) in [6.07, 6.45) is 1.96. The normalized spacial score (nSPS) is 10.8. The van der Waals surface area contributed by atoms with Gasteiger partial charge in [-0.2, -0.15) is 5.10 Å². The molecule has 2 aromatic rings. The van der Waals surface area contributed by atoms with E-state index in [0.29, 0.717) is 0 Å². The molecule has 0 aliphatic heterocycles. The van der Waals surface area contributed by atoms with Crippen molar-refractivity contribution in [1.82, 2.24) is 15.1 Å². The molecular weight excluding hydrogens is 206 g/mol. The van der Waals surface area contributed by atoms with E-state index < -0.39 is 0 Å². The van der Waals surface area contributed by atoms with E-state index in [2.05, 4.69) is 29.5 Å². The summed E-state index contributed by atoms with van der Waals surface area (Å²) in [5.41, 5.74) is 1.09. The summed E-state index contributed by atoms with van der Waals surface area (Å²) in [6, 6.07) is 6.36. The second kappa shape index (κ2) is 4.59. The first-order valence-electron chi connectivity index (χ1n) is 4.98. The zero-order valence-electron chi connectivity index (χ0n) is 9.03. The van der Waals surface area contributed by atoms with Crippen LogP contribution in [0.3, 0.4) is 0 Å². The molecule has 3 nitrogen and oxygen atoms in total. The molecular formula is C11H15N3S. The molecule has 80 valence electrons. The van der Waals surface area contributed by atoms with Crippen LogP contribution in [0.2, 0.25) is 0 Å². The molecule has 2 rings (SSSR count). The Hall–Kier alpha value is -1.13. The number of aromatic nitrogens is 2. The number of thiophene rings is 1. The van der Waals surface area contributed by atoms with Crippen LogP contribution in [-0.2, 0) is 20.1 Å². The smallest absolute Gasteiger partial charge is 0.0762 e. The number of rotatable bonds is 4. The van der Waals surface area contributed by atoms with Gasteiger partial charge in [0, 0.05) is 36.1 Å². The molecule has 0 aliphatic carbocycles. The molecule has 0 fully saturated rings. The van der Waals surface area contributed by atoms with Gasteiger partial charge in [-0.15, -0.1) is 11.3 Å². The maximum atomic E-state index is 4.30. The van der Waals surface area contributed by atoms with Crippen LogP contribution in [-0.4, -0.2) is 9.78 Å². The molecule has 1 N–H and O–H groups in total. The van der Waals surface area contributed by atoms with Gasteiger partial charge in [0.15, 0.2) is 0 Å². The van der Waals surface area contributed by atoms with E-state index in [4.69, 9.17) is 0 Å². The lowest BCUT2D eigenvalue weighted by Gasteiger charge is -1.99. The Morgan fingerprint density at radius 2 is 2.20 bits per heavy atom. The van der Waals surface area contributed by atoms with Gasteiger partial charge in [-0.3, -0.25) is 4.68 Å². The molecule has 4 heteroatoms. The Kier molecular flexibility index (Phi) is 3.18. The summed E-state index contributed by atoms with van der Waals surface area (Å²) >= 11 is 1.84. The van der Waals surface area contributed by atoms with Crippen LogP contribution in [0.25, 0.3) is 0 Å². The van der Waals surface area contributed by atoms with Gasteiger partial charge in [0.05, 0.1) is 5.69 Å². The highest BCUT2D eigenvalue weighted by Gasteiger charge is 1.98. The fourth-order valence-corrected chi connectivity index (χ4v) is 2.31. The molecule has 15 heavy (non-hydrogen) atoms. The predicted molar refractivity (Wildman–Crippen MR) is 62.8 cm³/mol. The highest BCUT2D eigenvalue weighted by atomic mass is 32.1. The first-order valence-corrected chi connectivity index (χ1v) is 5.80. The second-order valence-electron chi connectivity index (χ2n) is 3.60. The van der Waals surface area contributed by atoms with E-state index in [9.17, 15) is 0 Å². The van der Waals surface area contributed by atoms with Crippen LogP contribution >= 0.6 is 11.3 Å². The minimum Gasteiger partial charge on any atom is -0.306 e. The van der Waals surface area contributed by atoms with Crippen molar-refractivity contribution in [2.24, 2.45) is 7.05 Å². The first-order chi connectivity index (χ1) is 7.24. The maximum Gasteiger partial charge on any atom is 0.0762 e. The number of nitrogens with one attached hydrogen (secondary N) is 1. The van der Waals surface area contributed by atoms with Crippen LogP contribution in [0.5, 0.6) is 0 Å². The van der Waals surface area contributed by atoms with Gasteiger partial charge in [-0.05, 0) is 25.1 Å². The van der Waals surface area contributed by atoms with Gasteiger partial charge in [0.1, 0.15) is 0 Å². The Balaban J connectivity index is 1.80. The molecule has 0 bridgehead atoms. The van der Waals surface area contributed by atoms with E-state index in [1.807, 2.05) is 35.3 Å². The maximum absolute atomic E-state index is 4.30. The third-order valence-electron chi connectivity index (χ3n) is 2.17. The lowest BCUT2D eigenvalue weighted by molar-refractivity contribution is 0.661. The van der Waals surface area contributed by atoms with Gasteiger partial charge in [-0.1, -0.05) is 0 Å². The quantitative estimate of drug-likeness (QED) is 0.856. The van der Waals surface area contributed by atoms with Crippen LogP contribution < -0.4 is 5.32 Å². The standard InChI is InChI=1S/C11H15N3S/c1-9-3-4-11(15-9)8-12-7-10-5-6-14(2)13-10/h3-6,12H,7-8H2,1-2H3. The average Bonchev–Trinajstić information content (AvgIpc) is 2.76. The second-order valence-corrected chi connectivity index (χ2v) is 4.97. The SMILES string of the molecule is Cc1ccc(CNCc2ccn(C)n2)s1. The fourth-order valence-electron chi connectivity index (χ4n) is 1.45. The zero-order valence-corrected chi connectivity index (χ0v) is 9.84. The van der Waals surface area contributed by atoms with Crippen molar-refractivity contribution < 1.29 is 0 Å². The van der Waals surface area contributed by atoms with E-state index >= 15 is 0 Å². The molecule has 0 amide bonds. The molecule has 0 aliphatic rings. The number of aryl methyl sites for hydroxylation is 2. The Morgan fingerprint density at radius 1 is 1.33 bits per heavy atom. The van der Waals surface area contributed by atoms with Gasteiger partial charge < -0.3 is 5.32 Å². The summed E-state index contributed by atoms with van der Waals surface area (Å²) in [6.45, 7) is 3.89. The minimum absolute atomic E-state index is 0.831. The van der Waals surface area contributed by atoms with Crippen molar-refractivity contribution in [2.45, 2.75) is 20.0 Å². The molecule has 0 atom stereocenters. The monoisotopic (exact) mass is 221 g/mol. The van der Waals surface area contributed by atoms with Crippen molar-refractivity contribution in [3.05, 3.63) is 39.8 Å². The number of nitrogens with zero attached hydrogens (tertiary/aromatic N) is 2. The topological polar surface area (TPSA) is 29.9 Å². The number of hydrogen-bond acceptors (Lipinski definition) is 3. The highest BCUT2D eigenvalue weighted by Crippen LogP contribution is 2.14. The third-order valence-corrected chi connectivity index (χ3v) is 3.17. The summed E-state index contributed by atoms with van der Waals surface area (Å²) in [5.74, 6) is 0. The molecule has 2 aromatic heterocycles. The molecule has 2 heterocycles. The van der Waals surface area contributed by atoms with E-state index in [0.717, 1.165) is 18.8 Å². The summed E-state index contributed by atoms with van der Waals surface area (Å²) in [7, 11) is 1.94. The van der Waals surface area contributed by atoms with Gasteiger partial charge in [-0.25, -0.2) is 0 Å². The van der Waals surface area contributed by atoms with Gasteiger partial charge in [0.2, 0.25) is 0 Å². The van der Waals surface area contributed by atoms with Crippen molar-refractivity contribution in [3.8, 4) is 0 Å². The lowest BCUT2D eigenvalue weighted by Crippen LogP contribution is -2.12. The van der Waals surface area contributed by atoms with Gasteiger partial charge in [0.25, 0.3) is 0 Å². The number of hydrogen-bond donors (Lipinski definition) is 1.